The third-order valence-electron chi connectivity index (χ3n) is 2.22. The number of hydrogen-bond acceptors (Lipinski definition) is 8. The van der Waals surface area contributed by atoms with Crippen molar-refractivity contribution in [3.63, 3.8) is 0 Å². The average Bonchev–Trinajstić information content (AvgIpc) is 2.22. The summed E-state index contributed by atoms with van der Waals surface area (Å²) >= 11 is 1.32. The van der Waals surface area contributed by atoms with Crippen molar-refractivity contribution in [1.29, 1.82) is 0 Å². The number of aryl methyl sites for hydroxylation is 1. The fourth-order valence-electron chi connectivity index (χ4n) is 1.34. The molecule has 9 heteroatoms. The lowest BCUT2D eigenvalue weighted by atomic mass is 10.4. The summed E-state index contributed by atoms with van der Waals surface area (Å²) in [5.41, 5.74) is 2.52. The number of hydrogen-bond donors (Lipinski definition) is 2. The van der Waals surface area contributed by atoms with Crippen molar-refractivity contribution in [1.82, 2.24) is 9.97 Å². The normalized spacial score (nSPS) is 15.4. The fourth-order valence-corrected chi connectivity index (χ4v) is 2.45. The molecule has 0 aromatic carbocycles. The third-order valence-corrected chi connectivity index (χ3v) is 3.34. The second-order valence-electron chi connectivity index (χ2n) is 3.47. The molecule has 0 unspecified atom stereocenters. The zero-order valence-electron chi connectivity index (χ0n) is 9.04. The smallest absolute Gasteiger partial charge is 0.322 e. The number of nitrogens with zero attached hydrogens (tertiary/aromatic N) is 3. The van der Waals surface area contributed by atoms with E-state index in [4.69, 9.17) is 10.6 Å². The first-order chi connectivity index (χ1) is 8.11. The Bertz CT molecular complexity index is 451. The second-order valence-corrected chi connectivity index (χ2v) is 4.75. The SMILES string of the molecule is Cc1nc(NN)nc(SC2COC2)c1[N+](=O)[O-]. The van der Waals surface area contributed by atoms with Crippen LogP contribution in [0.4, 0.5) is 11.6 Å². The van der Waals surface area contributed by atoms with E-state index in [0.717, 1.165) is 0 Å². The second kappa shape index (κ2) is 4.82. The Morgan fingerprint density at radius 2 is 2.29 bits per heavy atom. The van der Waals surface area contributed by atoms with Crippen LogP contribution < -0.4 is 11.3 Å². The summed E-state index contributed by atoms with van der Waals surface area (Å²) in [6, 6.07) is 0. The highest BCUT2D eigenvalue weighted by Gasteiger charge is 2.28. The predicted octanol–water partition coefficient (Wildman–Crippen LogP) is 0.470. The number of rotatable bonds is 4. The van der Waals surface area contributed by atoms with E-state index in [1.807, 2.05) is 0 Å². The van der Waals surface area contributed by atoms with Crippen LogP contribution in [0.1, 0.15) is 5.69 Å². The van der Waals surface area contributed by atoms with Gasteiger partial charge in [0, 0.05) is 0 Å². The molecular formula is C8H11N5O3S. The number of nitrogens with two attached hydrogens (primary N) is 1. The zero-order valence-corrected chi connectivity index (χ0v) is 9.86. The van der Waals surface area contributed by atoms with Gasteiger partial charge >= 0.3 is 5.69 Å². The lowest BCUT2D eigenvalue weighted by Crippen LogP contribution is -2.30. The van der Waals surface area contributed by atoms with Gasteiger partial charge in [0.2, 0.25) is 5.95 Å². The van der Waals surface area contributed by atoms with Gasteiger partial charge < -0.3 is 4.74 Å². The van der Waals surface area contributed by atoms with Crippen LogP contribution in [0.15, 0.2) is 5.03 Å². The van der Waals surface area contributed by atoms with Crippen LogP contribution in [0.2, 0.25) is 0 Å². The van der Waals surface area contributed by atoms with Gasteiger partial charge in [0.15, 0.2) is 5.03 Å². The number of aromatic nitrogens is 2. The van der Waals surface area contributed by atoms with Crippen LogP contribution in [0.5, 0.6) is 0 Å². The van der Waals surface area contributed by atoms with E-state index in [-0.39, 0.29) is 16.9 Å². The molecule has 1 fully saturated rings. The number of thioether (sulfide) groups is 1. The summed E-state index contributed by atoms with van der Waals surface area (Å²) in [6.07, 6.45) is 0. The van der Waals surface area contributed by atoms with Crippen molar-refractivity contribution in [2.24, 2.45) is 5.84 Å². The minimum Gasteiger partial charge on any atom is -0.379 e. The third kappa shape index (κ3) is 2.46. The average molecular weight is 257 g/mol. The summed E-state index contributed by atoms with van der Waals surface area (Å²) in [5, 5.41) is 11.5. The van der Waals surface area contributed by atoms with E-state index in [0.29, 0.717) is 23.9 Å². The van der Waals surface area contributed by atoms with Gasteiger partial charge in [-0.05, 0) is 6.92 Å². The molecule has 1 aromatic heterocycles. The van der Waals surface area contributed by atoms with Crippen LogP contribution in [0.25, 0.3) is 0 Å². The van der Waals surface area contributed by atoms with Crippen LogP contribution >= 0.6 is 11.8 Å². The minimum absolute atomic E-state index is 0.0686. The van der Waals surface area contributed by atoms with E-state index in [1.54, 1.807) is 6.92 Å². The maximum Gasteiger partial charge on any atom is 0.322 e. The van der Waals surface area contributed by atoms with E-state index in [2.05, 4.69) is 15.4 Å². The zero-order chi connectivity index (χ0) is 12.4. The number of nitro groups is 1. The van der Waals surface area contributed by atoms with Crippen molar-refractivity contribution in [3.05, 3.63) is 15.8 Å². The molecule has 0 radical (unpaired) electrons. The van der Waals surface area contributed by atoms with E-state index in [9.17, 15) is 10.1 Å². The molecule has 0 atom stereocenters. The lowest BCUT2D eigenvalue weighted by Gasteiger charge is -2.24. The number of anilines is 1. The van der Waals surface area contributed by atoms with Gasteiger partial charge in [0.25, 0.3) is 0 Å². The Morgan fingerprint density at radius 3 is 2.76 bits per heavy atom. The van der Waals surface area contributed by atoms with Crippen molar-refractivity contribution < 1.29 is 9.66 Å². The summed E-state index contributed by atoms with van der Waals surface area (Å²) in [4.78, 5) is 18.4. The molecule has 3 N–H and O–H groups in total. The monoisotopic (exact) mass is 257 g/mol. The molecule has 1 aliphatic heterocycles. The number of nitrogens with one attached hydrogen (secondary N) is 1. The Balaban J connectivity index is 2.36. The van der Waals surface area contributed by atoms with E-state index < -0.39 is 4.92 Å². The molecule has 0 aliphatic carbocycles. The molecule has 8 nitrogen and oxygen atoms in total. The van der Waals surface area contributed by atoms with Crippen LogP contribution in [0.3, 0.4) is 0 Å². The van der Waals surface area contributed by atoms with Gasteiger partial charge in [-0.1, -0.05) is 11.8 Å². The lowest BCUT2D eigenvalue weighted by molar-refractivity contribution is -0.389. The van der Waals surface area contributed by atoms with Crippen molar-refractivity contribution >= 4 is 23.4 Å². The largest absolute Gasteiger partial charge is 0.379 e. The first-order valence-electron chi connectivity index (χ1n) is 4.86. The topological polar surface area (TPSA) is 116 Å². The van der Waals surface area contributed by atoms with Gasteiger partial charge in [-0.25, -0.2) is 10.8 Å². The van der Waals surface area contributed by atoms with Gasteiger partial charge in [-0.3, -0.25) is 15.5 Å². The molecule has 1 aromatic rings. The standard InChI is InChI=1S/C8H11N5O3S/c1-4-6(13(14)15)7(11-8(10-4)12-9)17-5-2-16-3-5/h5H,2-3,9H2,1H3,(H,10,11,12). The first kappa shape index (κ1) is 12.0. The Kier molecular flexibility index (Phi) is 3.41. The maximum atomic E-state index is 11.0. The highest BCUT2D eigenvalue weighted by Crippen LogP contribution is 2.35. The molecule has 0 saturated carbocycles. The van der Waals surface area contributed by atoms with Crippen molar-refractivity contribution in [2.45, 2.75) is 17.2 Å². The summed E-state index contributed by atoms with van der Waals surface area (Å²) in [5.74, 6) is 5.39. The number of hydrazine groups is 1. The fraction of sp³-hybridized carbons (Fsp3) is 0.500. The molecule has 2 heterocycles. The van der Waals surface area contributed by atoms with Crippen LogP contribution in [-0.4, -0.2) is 33.4 Å². The highest BCUT2D eigenvalue weighted by atomic mass is 32.2. The molecule has 0 amide bonds. The quantitative estimate of drug-likeness (QED) is 0.346. The Hall–Kier alpha value is -1.45. The Morgan fingerprint density at radius 1 is 1.59 bits per heavy atom. The first-order valence-corrected chi connectivity index (χ1v) is 5.74. The molecule has 1 aliphatic rings. The van der Waals surface area contributed by atoms with Crippen molar-refractivity contribution in [2.75, 3.05) is 18.6 Å². The maximum absolute atomic E-state index is 11.0. The van der Waals surface area contributed by atoms with E-state index in [1.165, 1.54) is 11.8 Å². The number of ether oxygens (including phenoxy) is 1. The Labute approximate surface area is 101 Å². The molecule has 1 saturated heterocycles. The van der Waals surface area contributed by atoms with Crippen molar-refractivity contribution in [3.8, 4) is 0 Å². The summed E-state index contributed by atoms with van der Waals surface area (Å²) in [7, 11) is 0. The van der Waals surface area contributed by atoms with Crippen LogP contribution in [-0.2, 0) is 4.74 Å². The highest BCUT2D eigenvalue weighted by molar-refractivity contribution is 8.00. The molecule has 92 valence electrons. The van der Waals surface area contributed by atoms with Gasteiger partial charge in [0.05, 0.1) is 23.4 Å². The summed E-state index contributed by atoms with van der Waals surface area (Å²) in [6.45, 7) is 2.72. The van der Waals surface area contributed by atoms with Gasteiger partial charge in [-0.15, -0.1) is 0 Å². The van der Waals surface area contributed by atoms with Crippen LogP contribution in [0, 0.1) is 17.0 Å². The van der Waals surface area contributed by atoms with E-state index >= 15 is 0 Å². The molecule has 0 bridgehead atoms. The molecular weight excluding hydrogens is 246 g/mol. The molecule has 0 spiro atoms. The summed E-state index contributed by atoms with van der Waals surface area (Å²) < 4.78 is 5.02. The van der Waals surface area contributed by atoms with Gasteiger partial charge in [-0.2, -0.15) is 4.98 Å². The minimum atomic E-state index is -0.475. The molecule has 2 rings (SSSR count). The number of nitrogen functional groups attached to an aromatic ring is 1. The predicted molar refractivity (Wildman–Crippen MR) is 61.7 cm³/mol. The van der Waals surface area contributed by atoms with Gasteiger partial charge in [0.1, 0.15) is 5.69 Å². The molecule has 17 heavy (non-hydrogen) atoms.